The Hall–Kier alpha value is -1.46. The summed E-state index contributed by atoms with van der Waals surface area (Å²) in [5, 5.41) is 2.85. The molecule has 0 unspecified atom stereocenters. The second-order valence-electron chi connectivity index (χ2n) is 4.19. The minimum absolute atomic E-state index is 0.000648. The number of hydrogen-bond donors (Lipinski definition) is 1. The topological polar surface area (TPSA) is 54.5 Å². The summed E-state index contributed by atoms with van der Waals surface area (Å²) in [7, 11) is 0. The Labute approximate surface area is 101 Å². The van der Waals surface area contributed by atoms with Gasteiger partial charge in [-0.15, -0.1) is 0 Å². The molecule has 0 atom stereocenters. The summed E-state index contributed by atoms with van der Waals surface area (Å²) < 4.78 is 5.23. The monoisotopic (exact) mass is 235 g/mol. The lowest BCUT2D eigenvalue weighted by atomic mass is 10.3. The lowest BCUT2D eigenvalue weighted by Crippen LogP contribution is -2.41. The van der Waals surface area contributed by atoms with Crippen LogP contribution >= 0.6 is 0 Å². The maximum atomic E-state index is 11.8. The van der Waals surface area contributed by atoms with Crippen molar-refractivity contribution in [1.82, 2.24) is 9.88 Å². The van der Waals surface area contributed by atoms with Crippen molar-refractivity contribution < 1.29 is 9.53 Å². The van der Waals surface area contributed by atoms with Crippen molar-refractivity contribution in [3.63, 3.8) is 0 Å². The van der Waals surface area contributed by atoms with E-state index in [1.807, 2.05) is 13.0 Å². The number of ether oxygens (including phenoxy) is 1. The highest BCUT2D eigenvalue weighted by Crippen LogP contribution is 2.07. The van der Waals surface area contributed by atoms with Crippen molar-refractivity contribution in [1.29, 1.82) is 0 Å². The number of pyridine rings is 1. The number of nitrogens with zero attached hydrogens (tertiary/aromatic N) is 2. The average Bonchev–Trinajstić information content (AvgIpc) is 2.30. The fourth-order valence-electron chi connectivity index (χ4n) is 1.79. The van der Waals surface area contributed by atoms with Crippen molar-refractivity contribution in [2.75, 3.05) is 38.2 Å². The summed E-state index contributed by atoms with van der Waals surface area (Å²) in [4.78, 5) is 17.9. The Morgan fingerprint density at radius 2 is 2.24 bits per heavy atom. The molecule has 1 N–H and O–H groups in total. The molecule has 5 heteroatoms. The van der Waals surface area contributed by atoms with Crippen LogP contribution in [0, 0.1) is 6.92 Å². The molecule has 1 aromatic heterocycles. The minimum atomic E-state index is -0.000648. The van der Waals surface area contributed by atoms with Gasteiger partial charge in [0.15, 0.2) is 0 Å². The van der Waals surface area contributed by atoms with Gasteiger partial charge in [-0.3, -0.25) is 14.7 Å². The first kappa shape index (κ1) is 12.0. The second-order valence-corrected chi connectivity index (χ2v) is 4.19. The van der Waals surface area contributed by atoms with Crippen LogP contribution in [0.2, 0.25) is 0 Å². The van der Waals surface area contributed by atoms with Crippen LogP contribution < -0.4 is 5.32 Å². The molecule has 0 aliphatic carbocycles. The molecule has 0 saturated carbocycles. The first-order valence-corrected chi connectivity index (χ1v) is 5.75. The molecule has 1 aliphatic rings. The van der Waals surface area contributed by atoms with Gasteiger partial charge < -0.3 is 10.1 Å². The van der Waals surface area contributed by atoms with Crippen molar-refractivity contribution in [3.05, 3.63) is 24.0 Å². The summed E-state index contributed by atoms with van der Waals surface area (Å²) in [5.74, 6) is -0.000648. The van der Waals surface area contributed by atoms with Crippen molar-refractivity contribution in [2.45, 2.75) is 6.92 Å². The van der Waals surface area contributed by atoms with Crippen LogP contribution in [0.1, 0.15) is 5.56 Å². The maximum absolute atomic E-state index is 11.8. The highest BCUT2D eigenvalue weighted by atomic mass is 16.5. The zero-order chi connectivity index (χ0) is 12.1. The van der Waals surface area contributed by atoms with Gasteiger partial charge >= 0.3 is 0 Å². The van der Waals surface area contributed by atoms with E-state index in [0.717, 1.165) is 24.3 Å². The average molecular weight is 235 g/mol. The zero-order valence-electron chi connectivity index (χ0n) is 9.98. The highest BCUT2D eigenvalue weighted by Gasteiger charge is 2.14. The fourth-order valence-corrected chi connectivity index (χ4v) is 1.79. The van der Waals surface area contributed by atoms with Crippen LogP contribution in [0.3, 0.4) is 0 Å². The van der Waals surface area contributed by atoms with E-state index in [4.69, 9.17) is 4.74 Å². The number of amides is 1. The Morgan fingerprint density at radius 1 is 1.47 bits per heavy atom. The summed E-state index contributed by atoms with van der Waals surface area (Å²) in [6.45, 7) is 5.42. The Morgan fingerprint density at radius 3 is 2.94 bits per heavy atom. The first-order chi connectivity index (χ1) is 8.24. The van der Waals surface area contributed by atoms with Crippen molar-refractivity contribution in [3.8, 4) is 0 Å². The van der Waals surface area contributed by atoms with E-state index in [1.54, 1.807) is 12.4 Å². The SMILES string of the molecule is Cc1cncc(NC(=O)CN2CCOCC2)c1. The van der Waals surface area contributed by atoms with E-state index < -0.39 is 0 Å². The molecule has 2 heterocycles. The van der Waals surface area contributed by atoms with E-state index in [0.29, 0.717) is 19.8 Å². The lowest BCUT2D eigenvalue weighted by molar-refractivity contribution is -0.118. The van der Waals surface area contributed by atoms with Crippen LogP contribution in [0.5, 0.6) is 0 Å². The third kappa shape index (κ3) is 3.80. The zero-order valence-corrected chi connectivity index (χ0v) is 9.98. The molecular weight excluding hydrogens is 218 g/mol. The van der Waals surface area contributed by atoms with E-state index in [9.17, 15) is 4.79 Å². The van der Waals surface area contributed by atoms with E-state index in [2.05, 4.69) is 15.2 Å². The number of rotatable bonds is 3. The number of carbonyl (C=O) groups is 1. The quantitative estimate of drug-likeness (QED) is 0.836. The number of carbonyl (C=O) groups excluding carboxylic acids is 1. The van der Waals surface area contributed by atoms with Gasteiger partial charge in [0.05, 0.1) is 31.6 Å². The van der Waals surface area contributed by atoms with Crippen molar-refractivity contribution >= 4 is 11.6 Å². The number of anilines is 1. The van der Waals surface area contributed by atoms with E-state index in [-0.39, 0.29) is 5.91 Å². The van der Waals surface area contributed by atoms with Gasteiger partial charge in [-0.05, 0) is 18.6 Å². The molecule has 1 saturated heterocycles. The third-order valence-electron chi connectivity index (χ3n) is 2.63. The number of hydrogen-bond acceptors (Lipinski definition) is 4. The van der Waals surface area contributed by atoms with E-state index >= 15 is 0 Å². The minimum Gasteiger partial charge on any atom is -0.379 e. The van der Waals surface area contributed by atoms with Crippen LogP contribution in [0.25, 0.3) is 0 Å². The summed E-state index contributed by atoms with van der Waals surface area (Å²) in [5.41, 5.74) is 1.79. The predicted molar refractivity (Wildman–Crippen MR) is 64.9 cm³/mol. The van der Waals surface area contributed by atoms with Crippen LogP contribution in [0.15, 0.2) is 18.5 Å². The molecule has 1 amide bonds. The van der Waals surface area contributed by atoms with E-state index in [1.165, 1.54) is 0 Å². The van der Waals surface area contributed by atoms with Gasteiger partial charge in [0, 0.05) is 19.3 Å². The number of aromatic nitrogens is 1. The second kappa shape index (κ2) is 5.75. The molecule has 0 aromatic carbocycles. The van der Waals surface area contributed by atoms with Gasteiger partial charge in [-0.1, -0.05) is 0 Å². The van der Waals surface area contributed by atoms with Gasteiger partial charge in [0.2, 0.25) is 5.91 Å². The molecule has 5 nitrogen and oxygen atoms in total. The molecule has 2 rings (SSSR count). The Bertz CT molecular complexity index is 389. The predicted octanol–water partition coefficient (Wildman–Crippen LogP) is 0.661. The molecule has 92 valence electrons. The molecule has 0 bridgehead atoms. The molecule has 1 fully saturated rings. The molecule has 1 aliphatic heterocycles. The normalized spacial score (nSPS) is 16.8. The Kier molecular flexibility index (Phi) is 4.06. The molecule has 0 spiro atoms. The standard InChI is InChI=1S/C12H17N3O2/c1-10-6-11(8-13-7-10)14-12(16)9-15-2-4-17-5-3-15/h6-8H,2-5,9H2,1H3,(H,14,16). The molecular formula is C12H17N3O2. The smallest absolute Gasteiger partial charge is 0.238 e. The Balaban J connectivity index is 1.84. The summed E-state index contributed by atoms with van der Waals surface area (Å²) >= 11 is 0. The largest absolute Gasteiger partial charge is 0.379 e. The molecule has 0 radical (unpaired) electrons. The van der Waals surface area contributed by atoms with Gasteiger partial charge in [0.1, 0.15) is 0 Å². The summed E-state index contributed by atoms with van der Waals surface area (Å²) in [6.07, 6.45) is 3.42. The first-order valence-electron chi connectivity index (χ1n) is 5.75. The number of aryl methyl sites for hydroxylation is 1. The van der Waals surface area contributed by atoms with Gasteiger partial charge in [-0.2, -0.15) is 0 Å². The third-order valence-corrected chi connectivity index (χ3v) is 2.63. The lowest BCUT2D eigenvalue weighted by Gasteiger charge is -2.25. The van der Waals surface area contributed by atoms with Crippen LogP contribution in [-0.2, 0) is 9.53 Å². The van der Waals surface area contributed by atoms with Crippen molar-refractivity contribution in [2.24, 2.45) is 0 Å². The maximum Gasteiger partial charge on any atom is 0.238 e. The highest BCUT2D eigenvalue weighted by molar-refractivity contribution is 5.92. The van der Waals surface area contributed by atoms with Crippen LogP contribution in [0.4, 0.5) is 5.69 Å². The van der Waals surface area contributed by atoms with Gasteiger partial charge in [-0.25, -0.2) is 0 Å². The molecule has 1 aromatic rings. The molecule has 17 heavy (non-hydrogen) atoms. The summed E-state index contributed by atoms with van der Waals surface area (Å²) in [6, 6.07) is 1.91. The number of nitrogens with one attached hydrogen (secondary N) is 1. The number of morpholine rings is 1. The fraction of sp³-hybridized carbons (Fsp3) is 0.500. The van der Waals surface area contributed by atoms with Crippen LogP contribution in [-0.4, -0.2) is 48.6 Å². The van der Waals surface area contributed by atoms with Gasteiger partial charge in [0.25, 0.3) is 0 Å².